The van der Waals surface area contributed by atoms with Crippen molar-refractivity contribution >= 4 is 29.0 Å². The lowest BCUT2D eigenvalue weighted by Crippen LogP contribution is -2.17. The molecule has 0 aliphatic carbocycles. The summed E-state index contributed by atoms with van der Waals surface area (Å²) in [5.41, 5.74) is 2.28. The predicted molar refractivity (Wildman–Crippen MR) is 78.0 cm³/mol. The van der Waals surface area contributed by atoms with E-state index in [1.54, 1.807) is 32.1 Å². The van der Waals surface area contributed by atoms with E-state index in [0.717, 1.165) is 28.5 Å². The van der Waals surface area contributed by atoms with Crippen LogP contribution in [0.1, 0.15) is 30.5 Å². The van der Waals surface area contributed by atoms with E-state index in [2.05, 4.69) is 5.32 Å². The van der Waals surface area contributed by atoms with Gasteiger partial charge in [0.15, 0.2) is 0 Å². The Bertz CT molecular complexity index is 527. The van der Waals surface area contributed by atoms with E-state index in [0.29, 0.717) is 4.91 Å². The monoisotopic (exact) mass is 279 g/mol. The quantitative estimate of drug-likeness (QED) is 0.774. The Balaban J connectivity index is 0.000000861. The Morgan fingerprint density at radius 1 is 1.16 bits per heavy atom. The lowest BCUT2D eigenvalue weighted by molar-refractivity contribution is -0.115. The average Bonchev–Trinajstić information content (AvgIpc) is 2.67. The number of amides is 2. The van der Waals surface area contributed by atoms with Crippen LogP contribution in [0.25, 0.3) is 6.08 Å². The van der Waals surface area contributed by atoms with Gasteiger partial charge in [-0.15, -0.1) is 0 Å². The summed E-state index contributed by atoms with van der Waals surface area (Å²) in [5.74, 6) is -0.116. The molecule has 2 amide bonds. The zero-order valence-electron chi connectivity index (χ0n) is 11.4. The molecule has 4 nitrogen and oxygen atoms in total. The van der Waals surface area contributed by atoms with Crippen molar-refractivity contribution in [3.05, 3.63) is 33.7 Å². The van der Waals surface area contributed by atoms with Gasteiger partial charge in [-0.05, 0) is 60.5 Å². The van der Waals surface area contributed by atoms with Crippen molar-refractivity contribution in [2.75, 3.05) is 0 Å². The summed E-state index contributed by atoms with van der Waals surface area (Å²) in [6, 6.07) is 3.54. The fraction of sp³-hybridized carbons (Fsp3) is 0.286. The summed E-state index contributed by atoms with van der Waals surface area (Å²) in [4.78, 5) is 22.7. The normalized spacial score (nSPS) is 16.1. The van der Waals surface area contributed by atoms with Gasteiger partial charge in [0.1, 0.15) is 5.75 Å². The Labute approximate surface area is 116 Å². The van der Waals surface area contributed by atoms with Crippen LogP contribution in [0.2, 0.25) is 0 Å². The highest BCUT2D eigenvalue weighted by Gasteiger charge is 2.24. The van der Waals surface area contributed by atoms with Gasteiger partial charge in [0, 0.05) is 0 Å². The molecule has 102 valence electrons. The van der Waals surface area contributed by atoms with Crippen molar-refractivity contribution in [3.63, 3.8) is 0 Å². The molecule has 1 aromatic rings. The number of aromatic hydroxyl groups is 1. The van der Waals surface area contributed by atoms with Gasteiger partial charge in [-0.3, -0.25) is 14.9 Å². The van der Waals surface area contributed by atoms with Crippen LogP contribution in [0.3, 0.4) is 0 Å². The Morgan fingerprint density at radius 2 is 1.68 bits per heavy atom. The SMILES string of the molecule is CC.Cc1cc(/C=C2\SC(=O)NC2=O)cc(C)c1O. The number of hydrogen-bond donors (Lipinski definition) is 2. The molecule has 5 heteroatoms. The Morgan fingerprint density at radius 3 is 2.11 bits per heavy atom. The first kappa shape index (κ1) is 15.3. The van der Waals surface area contributed by atoms with Crippen molar-refractivity contribution in [2.45, 2.75) is 27.7 Å². The van der Waals surface area contributed by atoms with Gasteiger partial charge in [-0.1, -0.05) is 13.8 Å². The number of phenols is 1. The van der Waals surface area contributed by atoms with Crippen LogP contribution < -0.4 is 5.32 Å². The van der Waals surface area contributed by atoms with Crippen molar-refractivity contribution in [2.24, 2.45) is 0 Å². The van der Waals surface area contributed by atoms with Gasteiger partial charge in [0.05, 0.1) is 4.91 Å². The molecular formula is C14H17NO3S. The van der Waals surface area contributed by atoms with Crippen LogP contribution in [0.4, 0.5) is 4.79 Å². The summed E-state index contributed by atoms with van der Waals surface area (Å²) >= 11 is 0.883. The zero-order chi connectivity index (χ0) is 14.6. The number of aryl methyl sites for hydroxylation is 2. The maximum Gasteiger partial charge on any atom is 0.290 e. The molecule has 1 saturated heterocycles. The molecule has 0 saturated carbocycles. The summed E-state index contributed by atoms with van der Waals surface area (Å²) < 4.78 is 0. The fourth-order valence-electron chi connectivity index (χ4n) is 1.65. The number of carbonyl (C=O) groups excluding carboxylic acids is 2. The second-order valence-electron chi connectivity index (χ2n) is 3.86. The number of phenolic OH excluding ortho intramolecular Hbond substituents is 1. The van der Waals surface area contributed by atoms with Crippen molar-refractivity contribution < 1.29 is 14.7 Å². The zero-order valence-corrected chi connectivity index (χ0v) is 12.2. The first-order valence-corrected chi connectivity index (χ1v) is 6.84. The topological polar surface area (TPSA) is 66.4 Å². The summed E-state index contributed by atoms with van der Waals surface area (Å²) in [6.07, 6.45) is 1.64. The molecule has 1 aliphatic rings. The van der Waals surface area contributed by atoms with Gasteiger partial charge in [0.25, 0.3) is 11.1 Å². The second kappa shape index (κ2) is 6.43. The third-order valence-corrected chi connectivity index (χ3v) is 3.26. The Kier molecular flexibility index (Phi) is 5.18. The molecule has 0 bridgehead atoms. The van der Waals surface area contributed by atoms with Crippen molar-refractivity contribution in [1.82, 2.24) is 5.32 Å². The molecule has 1 aliphatic heterocycles. The maximum atomic E-state index is 11.4. The van der Waals surface area contributed by atoms with Crippen LogP contribution in [0, 0.1) is 13.8 Å². The molecular weight excluding hydrogens is 262 g/mol. The number of imide groups is 1. The van der Waals surface area contributed by atoms with E-state index >= 15 is 0 Å². The molecule has 0 radical (unpaired) electrons. The van der Waals surface area contributed by atoms with Gasteiger partial charge >= 0.3 is 0 Å². The van der Waals surface area contributed by atoms with E-state index in [1.165, 1.54) is 0 Å². The first-order chi connectivity index (χ1) is 8.97. The minimum Gasteiger partial charge on any atom is -0.507 e. The molecule has 0 unspecified atom stereocenters. The third kappa shape index (κ3) is 3.61. The summed E-state index contributed by atoms with van der Waals surface area (Å²) in [5, 5.41) is 11.5. The molecule has 2 rings (SSSR count). The van der Waals surface area contributed by atoms with E-state index in [9.17, 15) is 14.7 Å². The van der Waals surface area contributed by atoms with Crippen LogP contribution >= 0.6 is 11.8 Å². The highest BCUT2D eigenvalue weighted by Crippen LogP contribution is 2.28. The number of rotatable bonds is 1. The molecule has 1 aromatic carbocycles. The Hall–Kier alpha value is -1.75. The number of nitrogens with one attached hydrogen (secondary N) is 1. The van der Waals surface area contributed by atoms with E-state index in [1.807, 2.05) is 13.8 Å². The number of benzene rings is 1. The minimum absolute atomic E-state index is 0.256. The standard InChI is InChI=1S/C12H11NO3S.C2H6/c1-6-3-8(4-7(2)10(6)14)5-9-11(15)13-12(16)17-9;1-2/h3-5,14H,1-2H3,(H,13,15,16);1-2H3/b9-5-;. The third-order valence-electron chi connectivity index (χ3n) is 2.45. The molecule has 0 atom stereocenters. The van der Waals surface area contributed by atoms with Gasteiger partial charge in [-0.2, -0.15) is 0 Å². The highest BCUT2D eigenvalue weighted by molar-refractivity contribution is 8.18. The van der Waals surface area contributed by atoms with Crippen LogP contribution in [0.5, 0.6) is 5.75 Å². The van der Waals surface area contributed by atoms with Crippen molar-refractivity contribution in [3.8, 4) is 5.75 Å². The van der Waals surface area contributed by atoms with Crippen LogP contribution in [-0.4, -0.2) is 16.3 Å². The molecule has 19 heavy (non-hydrogen) atoms. The molecule has 0 spiro atoms. The first-order valence-electron chi connectivity index (χ1n) is 6.02. The predicted octanol–water partition coefficient (Wildman–Crippen LogP) is 3.36. The van der Waals surface area contributed by atoms with E-state index < -0.39 is 0 Å². The number of carbonyl (C=O) groups is 2. The fourth-order valence-corrected chi connectivity index (χ4v) is 2.33. The smallest absolute Gasteiger partial charge is 0.290 e. The molecule has 2 N–H and O–H groups in total. The maximum absolute atomic E-state index is 11.4. The molecule has 0 aromatic heterocycles. The van der Waals surface area contributed by atoms with Crippen molar-refractivity contribution in [1.29, 1.82) is 0 Å². The second-order valence-corrected chi connectivity index (χ2v) is 4.87. The average molecular weight is 279 g/mol. The van der Waals surface area contributed by atoms with Crippen LogP contribution in [0.15, 0.2) is 17.0 Å². The highest BCUT2D eigenvalue weighted by atomic mass is 32.2. The van der Waals surface area contributed by atoms with Gasteiger partial charge < -0.3 is 5.11 Å². The summed E-state index contributed by atoms with van der Waals surface area (Å²) in [6.45, 7) is 7.58. The van der Waals surface area contributed by atoms with Crippen LogP contribution in [-0.2, 0) is 4.79 Å². The van der Waals surface area contributed by atoms with Gasteiger partial charge in [-0.25, -0.2) is 0 Å². The summed E-state index contributed by atoms with van der Waals surface area (Å²) in [7, 11) is 0. The number of hydrogen-bond acceptors (Lipinski definition) is 4. The molecule has 1 fully saturated rings. The lowest BCUT2D eigenvalue weighted by Gasteiger charge is -2.04. The number of thioether (sulfide) groups is 1. The van der Waals surface area contributed by atoms with E-state index in [-0.39, 0.29) is 16.9 Å². The molecule has 1 heterocycles. The minimum atomic E-state index is -0.372. The van der Waals surface area contributed by atoms with E-state index in [4.69, 9.17) is 0 Å². The largest absolute Gasteiger partial charge is 0.507 e. The lowest BCUT2D eigenvalue weighted by atomic mass is 10.1. The van der Waals surface area contributed by atoms with Gasteiger partial charge in [0.2, 0.25) is 0 Å².